The lowest BCUT2D eigenvalue weighted by Gasteiger charge is -2.16. The Bertz CT molecular complexity index is 852. The van der Waals surface area contributed by atoms with Gasteiger partial charge < -0.3 is 0 Å². The molecule has 0 aromatic carbocycles. The maximum Gasteiger partial charge on any atom is 0.263 e. The third-order valence-electron chi connectivity index (χ3n) is 3.37. The predicted octanol–water partition coefficient (Wildman–Crippen LogP) is 3.93. The van der Waals surface area contributed by atoms with Crippen molar-refractivity contribution in [3.63, 3.8) is 0 Å². The van der Waals surface area contributed by atoms with Crippen LogP contribution < -0.4 is 5.56 Å². The number of halogens is 1. The van der Waals surface area contributed by atoms with Crippen LogP contribution in [0.5, 0.6) is 0 Å². The second kappa shape index (κ2) is 6.62. The van der Waals surface area contributed by atoms with Crippen molar-refractivity contribution in [2.45, 2.75) is 26.6 Å². The second-order valence-electron chi connectivity index (χ2n) is 5.17. The first-order valence-electron chi connectivity index (χ1n) is 6.97. The van der Waals surface area contributed by atoms with Gasteiger partial charge in [-0.1, -0.05) is 6.92 Å². The average Bonchev–Trinajstić information content (AvgIpc) is 3.08. The number of nitrogens with zero attached hydrogens (tertiary/aromatic N) is 3. The molecule has 116 valence electrons. The van der Waals surface area contributed by atoms with E-state index in [9.17, 15) is 4.79 Å². The molecular formula is C15H16BrN3OS2. The average molecular weight is 398 g/mol. The molecule has 0 fully saturated rings. The van der Waals surface area contributed by atoms with Crippen molar-refractivity contribution in [2.24, 2.45) is 0 Å². The van der Waals surface area contributed by atoms with E-state index >= 15 is 0 Å². The van der Waals surface area contributed by atoms with Crippen LogP contribution in [-0.4, -0.2) is 21.5 Å². The van der Waals surface area contributed by atoms with Crippen LogP contribution in [0.1, 0.15) is 16.7 Å². The van der Waals surface area contributed by atoms with Crippen LogP contribution in [-0.2, 0) is 19.6 Å². The Morgan fingerprint density at radius 1 is 1.32 bits per heavy atom. The highest BCUT2D eigenvalue weighted by Gasteiger charge is 2.10. The fourth-order valence-electron chi connectivity index (χ4n) is 2.30. The molecule has 3 heterocycles. The first kappa shape index (κ1) is 15.9. The number of fused-ring (bicyclic) bond motifs is 1. The number of hydrogen-bond acceptors (Lipinski definition) is 5. The van der Waals surface area contributed by atoms with Crippen LogP contribution >= 0.6 is 38.6 Å². The number of aryl methyl sites for hydroxylation is 1. The molecule has 3 rings (SSSR count). The zero-order valence-electron chi connectivity index (χ0n) is 12.4. The molecule has 22 heavy (non-hydrogen) atoms. The Kier molecular flexibility index (Phi) is 4.77. The van der Waals surface area contributed by atoms with Crippen molar-refractivity contribution in [1.82, 2.24) is 14.5 Å². The molecule has 4 nitrogen and oxygen atoms in total. The van der Waals surface area contributed by atoms with E-state index in [4.69, 9.17) is 0 Å². The van der Waals surface area contributed by atoms with Gasteiger partial charge in [-0.25, -0.2) is 4.98 Å². The third kappa shape index (κ3) is 3.32. The molecule has 0 aliphatic rings. The van der Waals surface area contributed by atoms with E-state index in [1.165, 1.54) is 9.75 Å². The van der Waals surface area contributed by atoms with Gasteiger partial charge in [0.15, 0.2) is 0 Å². The van der Waals surface area contributed by atoms with Gasteiger partial charge in [-0.3, -0.25) is 14.3 Å². The number of thiophene rings is 2. The molecule has 0 aliphatic carbocycles. The van der Waals surface area contributed by atoms with Crippen molar-refractivity contribution in [3.8, 4) is 0 Å². The largest absolute Gasteiger partial charge is 0.285 e. The third-order valence-corrected chi connectivity index (χ3v) is 6.16. The lowest BCUT2D eigenvalue weighted by Crippen LogP contribution is -2.29. The van der Waals surface area contributed by atoms with E-state index in [1.807, 2.05) is 19.2 Å². The Labute approximate surface area is 145 Å². The van der Waals surface area contributed by atoms with Gasteiger partial charge in [0.1, 0.15) is 11.2 Å². The molecule has 0 spiro atoms. The molecule has 0 unspecified atom stereocenters. The van der Waals surface area contributed by atoms with Gasteiger partial charge in [0.2, 0.25) is 0 Å². The van der Waals surface area contributed by atoms with Crippen molar-refractivity contribution in [2.75, 3.05) is 7.05 Å². The van der Waals surface area contributed by atoms with Gasteiger partial charge >= 0.3 is 0 Å². The van der Waals surface area contributed by atoms with E-state index in [1.54, 1.807) is 33.6 Å². The minimum atomic E-state index is 0.0418. The summed E-state index contributed by atoms with van der Waals surface area (Å²) in [7, 11) is 2.01. The molecule has 0 bridgehead atoms. The summed E-state index contributed by atoms with van der Waals surface area (Å²) < 4.78 is 2.80. The van der Waals surface area contributed by atoms with Crippen molar-refractivity contribution >= 4 is 48.8 Å². The van der Waals surface area contributed by atoms with Crippen molar-refractivity contribution in [3.05, 3.63) is 48.4 Å². The van der Waals surface area contributed by atoms with Gasteiger partial charge in [0.05, 0.1) is 15.8 Å². The van der Waals surface area contributed by atoms with Crippen LogP contribution in [0.25, 0.3) is 10.2 Å². The standard InChI is InChI=1S/C15H16BrN3OS2/c1-3-10-6-12-14(22-10)17-8-19(15(12)20)9-18(2)7-11-4-5-13(16)21-11/h4-6,8H,3,7,9H2,1-2H3. The highest BCUT2D eigenvalue weighted by Crippen LogP contribution is 2.23. The van der Waals surface area contributed by atoms with E-state index in [0.717, 1.165) is 27.0 Å². The van der Waals surface area contributed by atoms with Crippen LogP contribution in [0, 0.1) is 0 Å². The minimum absolute atomic E-state index is 0.0418. The van der Waals surface area contributed by atoms with Gasteiger partial charge in [-0.15, -0.1) is 22.7 Å². The van der Waals surface area contributed by atoms with Crippen molar-refractivity contribution in [1.29, 1.82) is 0 Å². The number of aromatic nitrogens is 2. The van der Waals surface area contributed by atoms with Gasteiger partial charge in [0, 0.05) is 16.3 Å². The fraction of sp³-hybridized carbons (Fsp3) is 0.333. The molecule has 3 aromatic rings. The normalized spacial score (nSPS) is 11.6. The summed E-state index contributed by atoms with van der Waals surface area (Å²) in [5.41, 5.74) is 0.0418. The highest BCUT2D eigenvalue weighted by molar-refractivity contribution is 9.11. The van der Waals surface area contributed by atoms with Crippen LogP contribution in [0.2, 0.25) is 0 Å². The van der Waals surface area contributed by atoms with Gasteiger partial charge in [-0.05, 0) is 47.6 Å². The molecule has 7 heteroatoms. The van der Waals surface area contributed by atoms with E-state index in [0.29, 0.717) is 6.67 Å². The molecule has 0 atom stereocenters. The smallest absolute Gasteiger partial charge is 0.263 e. The summed E-state index contributed by atoms with van der Waals surface area (Å²) in [5, 5.41) is 0.733. The summed E-state index contributed by atoms with van der Waals surface area (Å²) in [5.74, 6) is 0. The first-order valence-corrected chi connectivity index (χ1v) is 9.40. The molecule has 0 saturated carbocycles. The van der Waals surface area contributed by atoms with Crippen LogP contribution in [0.4, 0.5) is 0 Å². The molecule has 0 N–H and O–H groups in total. The monoisotopic (exact) mass is 397 g/mol. The zero-order chi connectivity index (χ0) is 15.7. The van der Waals surface area contributed by atoms with Crippen LogP contribution in [0.3, 0.4) is 0 Å². The van der Waals surface area contributed by atoms with Gasteiger partial charge in [0.25, 0.3) is 5.56 Å². The summed E-state index contributed by atoms with van der Waals surface area (Å²) in [6.07, 6.45) is 2.59. The van der Waals surface area contributed by atoms with Crippen LogP contribution in [0.15, 0.2) is 33.1 Å². The molecule has 0 amide bonds. The number of hydrogen-bond donors (Lipinski definition) is 0. The SMILES string of the molecule is CCc1cc2c(=O)n(CN(C)Cc3ccc(Br)s3)cnc2s1. The fourth-order valence-corrected chi connectivity index (χ4v) is 4.79. The minimum Gasteiger partial charge on any atom is -0.285 e. The lowest BCUT2D eigenvalue weighted by atomic mass is 10.3. The first-order chi connectivity index (χ1) is 10.6. The Hall–Kier alpha value is -1.02. The van der Waals surface area contributed by atoms with Crippen molar-refractivity contribution < 1.29 is 0 Å². The summed E-state index contributed by atoms with van der Waals surface area (Å²) in [6.45, 7) is 3.44. The zero-order valence-corrected chi connectivity index (χ0v) is 15.6. The summed E-state index contributed by atoms with van der Waals surface area (Å²) in [6, 6.07) is 6.12. The Morgan fingerprint density at radius 2 is 2.14 bits per heavy atom. The lowest BCUT2D eigenvalue weighted by molar-refractivity contribution is 0.258. The topological polar surface area (TPSA) is 38.1 Å². The highest BCUT2D eigenvalue weighted by atomic mass is 79.9. The predicted molar refractivity (Wildman–Crippen MR) is 96.7 cm³/mol. The Morgan fingerprint density at radius 3 is 2.82 bits per heavy atom. The summed E-state index contributed by atoms with van der Waals surface area (Å²) >= 11 is 6.79. The Balaban J connectivity index is 1.81. The quantitative estimate of drug-likeness (QED) is 0.654. The maximum absolute atomic E-state index is 12.5. The molecular weight excluding hydrogens is 382 g/mol. The van der Waals surface area contributed by atoms with Gasteiger partial charge in [-0.2, -0.15) is 0 Å². The van der Waals surface area contributed by atoms with E-state index in [2.05, 4.69) is 38.8 Å². The van der Waals surface area contributed by atoms with E-state index in [-0.39, 0.29) is 5.56 Å². The maximum atomic E-state index is 12.5. The molecule has 0 aliphatic heterocycles. The molecule has 3 aromatic heterocycles. The van der Waals surface area contributed by atoms with E-state index < -0.39 is 0 Å². The summed E-state index contributed by atoms with van der Waals surface area (Å²) in [4.78, 5) is 22.4. The number of rotatable bonds is 5. The molecule has 0 saturated heterocycles. The second-order valence-corrected chi connectivity index (χ2v) is 8.83. The molecule has 0 radical (unpaired) electrons.